The van der Waals surface area contributed by atoms with Crippen LogP contribution in [-0.2, 0) is 4.79 Å². The Kier molecular flexibility index (Phi) is 6.05. The van der Waals surface area contributed by atoms with Crippen molar-refractivity contribution in [3.8, 4) is 0 Å². The van der Waals surface area contributed by atoms with E-state index in [1.165, 1.54) is 0 Å². The maximum atomic E-state index is 13.3. The fourth-order valence-electron chi connectivity index (χ4n) is 4.72. The summed E-state index contributed by atoms with van der Waals surface area (Å²) in [4.78, 5) is 32.7. The van der Waals surface area contributed by atoms with Crippen LogP contribution in [-0.4, -0.2) is 54.2 Å². The number of hydrogen-bond donors (Lipinski definition) is 2. The molecule has 4 unspecified atom stereocenters. The van der Waals surface area contributed by atoms with Crippen molar-refractivity contribution in [3.63, 3.8) is 0 Å². The third-order valence-corrected chi connectivity index (χ3v) is 6.40. The second kappa shape index (κ2) is 8.38. The lowest BCUT2D eigenvalue weighted by Gasteiger charge is -2.39. The first-order chi connectivity index (χ1) is 14.4. The van der Waals surface area contributed by atoms with E-state index >= 15 is 0 Å². The van der Waals surface area contributed by atoms with Crippen molar-refractivity contribution in [1.82, 2.24) is 15.5 Å². The lowest BCUT2D eigenvalue weighted by atomic mass is 10.0. The highest BCUT2D eigenvalue weighted by Crippen LogP contribution is 2.58. The third kappa shape index (κ3) is 3.30. The van der Waals surface area contributed by atoms with Gasteiger partial charge in [0.1, 0.15) is 11.5 Å². The van der Waals surface area contributed by atoms with E-state index in [1.54, 1.807) is 13.4 Å². The van der Waals surface area contributed by atoms with Crippen molar-refractivity contribution >= 4 is 30.6 Å². The maximum absolute atomic E-state index is 13.3. The van der Waals surface area contributed by atoms with Gasteiger partial charge in [-0.05, 0) is 32.9 Å². The van der Waals surface area contributed by atoms with Crippen LogP contribution in [0.1, 0.15) is 40.5 Å². The molecule has 0 bridgehead atoms. The Morgan fingerprint density at radius 1 is 1.57 bits per heavy atom. The predicted molar refractivity (Wildman–Crippen MR) is 123 cm³/mol. The van der Waals surface area contributed by atoms with Crippen LogP contribution in [0.4, 0.5) is 0 Å². The Labute approximate surface area is 178 Å². The van der Waals surface area contributed by atoms with Crippen molar-refractivity contribution in [1.29, 1.82) is 0 Å². The van der Waals surface area contributed by atoms with Gasteiger partial charge in [-0.3, -0.25) is 14.7 Å². The smallest absolute Gasteiger partial charge is 0.234 e. The van der Waals surface area contributed by atoms with Crippen LogP contribution in [0, 0.1) is 11.8 Å². The molecule has 0 aromatic heterocycles. The van der Waals surface area contributed by atoms with Crippen LogP contribution in [0.5, 0.6) is 0 Å². The first kappa shape index (κ1) is 21.7. The molecule has 1 fully saturated rings. The number of carbonyl (C=O) groups excluding carboxylic acids is 1. The molecule has 1 aliphatic carbocycles. The molecule has 0 spiro atoms. The number of amides is 1. The van der Waals surface area contributed by atoms with Crippen LogP contribution in [0.15, 0.2) is 55.9 Å². The zero-order valence-electron chi connectivity index (χ0n) is 18.4. The summed E-state index contributed by atoms with van der Waals surface area (Å²) in [5.41, 5.74) is 1.06. The quantitative estimate of drug-likeness (QED) is 0.500. The van der Waals surface area contributed by atoms with Gasteiger partial charge in [0.2, 0.25) is 5.91 Å². The summed E-state index contributed by atoms with van der Waals surface area (Å²) in [5.74, 6) is 2.42. The summed E-state index contributed by atoms with van der Waals surface area (Å²) >= 11 is 0. The van der Waals surface area contributed by atoms with Crippen LogP contribution >= 0.6 is 0 Å². The Bertz CT molecular complexity index is 910. The molecule has 0 aromatic carbocycles. The molecule has 3 rings (SSSR count). The standard InChI is InChI=1S/C22H31N7O/c1-8-15-11-17(30)29(22(10-3)13(4)16(22)9-2)21(28-15)14(5)27-20(24-7)18-19(23-6)26-12-25-18/h8-9,12-14,16,27H,2,7,10-11H2,1,3-6H3,(H,23,25,26)/b15-8+,20-18-. The molecule has 2 aliphatic heterocycles. The van der Waals surface area contributed by atoms with Crippen molar-refractivity contribution < 1.29 is 4.79 Å². The van der Waals surface area contributed by atoms with E-state index in [9.17, 15) is 4.79 Å². The minimum Gasteiger partial charge on any atom is -0.359 e. The predicted octanol–water partition coefficient (Wildman–Crippen LogP) is 2.63. The number of carbonyl (C=O) groups is 1. The molecule has 0 radical (unpaired) electrons. The Hall–Kier alpha value is -3.03. The maximum Gasteiger partial charge on any atom is 0.234 e. The molecule has 1 saturated carbocycles. The number of nitrogens with one attached hydrogen (secondary N) is 2. The van der Waals surface area contributed by atoms with Crippen molar-refractivity contribution in [3.05, 3.63) is 35.9 Å². The van der Waals surface area contributed by atoms with E-state index in [-0.39, 0.29) is 23.4 Å². The monoisotopic (exact) mass is 409 g/mol. The zero-order chi connectivity index (χ0) is 22.1. The summed E-state index contributed by atoms with van der Waals surface area (Å²) in [7, 11) is 1.68. The van der Waals surface area contributed by atoms with Gasteiger partial charge in [-0.25, -0.2) is 15.0 Å². The van der Waals surface area contributed by atoms with E-state index < -0.39 is 0 Å². The highest BCUT2D eigenvalue weighted by molar-refractivity contribution is 6.09. The Balaban J connectivity index is 2.01. The van der Waals surface area contributed by atoms with E-state index in [2.05, 4.69) is 52.8 Å². The average Bonchev–Trinajstić information content (AvgIpc) is 3.09. The van der Waals surface area contributed by atoms with Gasteiger partial charge in [0.25, 0.3) is 0 Å². The molecule has 8 nitrogen and oxygen atoms in total. The normalized spacial score (nSPS) is 33.3. The highest BCUT2D eigenvalue weighted by Gasteiger charge is 2.65. The van der Waals surface area contributed by atoms with Gasteiger partial charge < -0.3 is 10.6 Å². The third-order valence-electron chi connectivity index (χ3n) is 6.40. The highest BCUT2D eigenvalue weighted by atomic mass is 16.2. The summed E-state index contributed by atoms with van der Waals surface area (Å²) < 4.78 is 0. The lowest BCUT2D eigenvalue weighted by Crippen LogP contribution is -2.56. The molecule has 0 saturated heterocycles. The molecule has 2 heterocycles. The number of amidine groups is 2. The van der Waals surface area contributed by atoms with Gasteiger partial charge in [0.15, 0.2) is 11.7 Å². The van der Waals surface area contributed by atoms with Crippen LogP contribution in [0.25, 0.3) is 0 Å². The van der Waals surface area contributed by atoms with Gasteiger partial charge in [0.05, 0.1) is 24.3 Å². The fourth-order valence-corrected chi connectivity index (χ4v) is 4.72. The van der Waals surface area contributed by atoms with Gasteiger partial charge in [0, 0.05) is 18.7 Å². The van der Waals surface area contributed by atoms with Crippen molar-refractivity contribution in [2.24, 2.45) is 31.8 Å². The van der Waals surface area contributed by atoms with E-state index in [0.29, 0.717) is 35.5 Å². The average molecular weight is 410 g/mol. The summed E-state index contributed by atoms with van der Waals surface area (Å²) in [6, 6.07) is -0.298. The second-order valence-electron chi connectivity index (χ2n) is 7.75. The van der Waals surface area contributed by atoms with Crippen LogP contribution in [0.3, 0.4) is 0 Å². The van der Waals surface area contributed by atoms with Crippen molar-refractivity contribution in [2.75, 3.05) is 7.05 Å². The molecule has 160 valence electrons. The number of allylic oxidation sites excluding steroid dienone is 1. The number of nitrogens with zero attached hydrogens (tertiary/aromatic N) is 5. The molecular formula is C22H31N7O. The molecule has 8 heteroatoms. The molecule has 3 aliphatic rings. The lowest BCUT2D eigenvalue weighted by molar-refractivity contribution is -0.130. The fraction of sp³-hybridized carbons (Fsp3) is 0.500. The van der Waals surface area contributed by atoms with Gasteiger partial charge in [-0.2, -0.15) is 0 Å². The summed E-state index contributed by atoms with van der Waals surface area (Å²) in [5, 5.41) is 6.32. The van der Waals surface area contributed by atoms with Crippen LogP contribution < -0.4 is 10.6 Å². The van der Waals surface area contributed by atoms with Gasteiger partial charge >= 0.3 is 0 Å². The zero-order valence-corrected chi connectivity index (χ0v) is 18.4. The minimum atomic E-state index is -0.298. The molecule has 0 aromatic rings. The van der Waals surface area contributed by atoms with Crippen molar-refractivity contribution in [2.45, 2.75) is 52.1 Å². The number of hydrogen-bond acceptors (Lipinski definition) is 6. The number of aliphatic imine (C=N–C) groups is 4. The Morgan fingerprint density at radius 2 is 2.30 bits per heavy atom. The molecule has 4 atom stereocenters. The molecule has 30 heavy (non-hydrogen) atoms. The SMILES string of the molecule is C=CC1C(C)C1(CC)N1C(=O)C/C(=C\C)N=C1C(C)N/C(N=C)=C1\N=CN\C1=N\C. The van der Waals surface area contributed by atoms with Gasteiger partial charge in [-0.1, -0.05) is 26.0 Å². The molecule has 2 N–H and O–H groups in total. The summed E-state index contributed by atoms with van der Waals surface area (Å²) in [6.45, 7) is 15.8. The first-order valence-electron chi connectivity index (χ1n) is 10.3. The van der Waals surface area contributed by atoms with E-state index in [0.717, 1.165) is 12.1 Å². The van der Waals surface area contributed by atoms with Gasteiger partial charge in [-0.15, -0.1) is 6.58 Å². The molecule has 1 amide bonds. The first-order valence-corrected chi connectivity index (χ1v) is 10.3. The minimum absolute atomic E-state index is 0.0666. The van der Waals surface area contributed by atoms with E-state index in [1.807, 2.05) is 30.9 Å². The number of rotatable bonds is 7. The topological polar surface area (TPSA) is 93.8 Å². The summed E-state index contributed by atoms with van der Waals surface area (Å²) in [6.07, 6.45) is 6.55. The second-order valence-corrected chi connectivity index (χ2v) is 7.75. The largest absolute Gasteiger partial charge is 0.359 e. The molecular weight excluding hydrogens is 378 g/mol. The van der Waals surface area contributed by atoms with E-state index in [4.69, 9.17) is 4.99 Å². The van der Waals surface area contributed by atoms with Crippen LogP contribution in [0.2, 0.25) is 0 Å². The Morgan fingerprint density at radius 3 is 2.83 bits per heavy atom.